The van der Waals surface area contributed by atoms with Crippen LogP contribution in [0.25, 0.3) is 0 Å². The summed E-state index contributed by atoms with van der Waals surface area (Å²) in [6.07, 6.45) is 0.713. The van der Waals surface area contributed by atoms with E-state index in [4.69, 9.17) is 16.3 Å². The molecule has 2 rings (SSSR count). The first kappa shape index (κ1) is 23.7. The Morgan fingerprint density at radius 1 is 1.10 bits per heavy atom. The lowest BCUT2D eigenvalue weighted by atomic mass is 10.1. The first-order valence-corrected chi connectivity index (χ1v) is 10.7. The Labute approximate surface area is 184 Å². The molecule has 5 nitrogen and oxygen atoms in total. The van der Waals surface area contributed by atoms with Gasteiger partial charge in [0.05, 0.1) is 13.5 Å². The van der Waals surface area contributed by atoms with Crippen LogP contribution in [0.15, 0.2) is 48.5 Å². The van der Waals surface area contributed by atoms with Crippen LogP contribution >= 0.6 is 11.6 Å². The number of nitrogens with zero attached hydrogens (tertiary/aromatic N) is 1. The Kier molecular flexibility index (Phi) is 9.18. The molecule has 0 spiro atoms. The van der Waals surface area contributed by atoms with Gasteiger partial charge in [-0.05, 0) is 41.7 Å². The maximum absolute atomic E-state index is 13.3. The smallest absolute Gasteiger partial charge is 0.242 e. The second-order valence-electron chi connectivity index (χ2n) is 7.70. The predicted molar refractivity (Wildman–Crippen MR) is 121 cm³/mol. The number of hydrogen-bond donors (Lipinski definition) is 1. The largest absolute Gasteiger partial charge is 0.497 e. The van der Waals surface area contributed by atoms with E-state index in [1.165, 1.54) is 0 Å². The fourth-order valence-corrected chi connectivity index (χ4v) is 3.37. The van der Waals surface area contributed by atoms with Gasteiger partial charge in [-0.25, -0.2) is 0 Å². The molecule has 0 aromatic heterocycles. The van der Waals surface area contributed by atoms with Crippen molar-refractivity contribution in [1.82, 2.24) is 10.2 Å². The van der Waals surface area contributed by atoms with E-state index in [-0.39, 0.29) is 24.8 Å². The molecule has 0 aliphatic carbocycles. The third-order valence-corrected chi connectivity index (χ3v) is 5.25. The summed E-state index contributed by atoms with van der Waals surface area (Å²) in [4.78, 5) is 27.8. The van der Waals surface area contributed by atoms with Gasteiger partial charge < -0.3 is 15.0 Å². The second kappa shape index (κ2) is 11.6. The summed E-state index contributed by atoms with van der Waals surface area (Å²) < 4.78 is 5.18. The standard InChI is InChI=1S/C24H31ClN2O3/c1-5-22(24(29)26-15-17(2)3)27(16-19-8-6-7-9-21(19)25)23(28)14-18-10-12-20(30-4)13-11-18/h6-13,17,22H,5,14-16H2,1-4H3,(H,26,29)/t22-/m1/s1. The number of halogens is 1. The molecule has 2 aromatic rings. The van der Waals surface area contributed by atoms with Gasteiger partial charge in [-0.2, -0.15) is 0 Å². The molecule has 1 atom stereocenters. The van der Waals surface area contributed by atoms with Gasteiger partial charge in [0, 0.05) is 18.1 Å². The van der Waals surface area contributed by atoms with Crippen LogP contribution in [0.3, 0.4) is 0 Å². The van der Waals surface area contributed by atoms with Crippen LogP contribution in [-0.2, 0) is 22.6 Å². The van der Waals surface area contributed by atoms with Crippen molar-refractivity contribution < 1.29 is 14.3 Å². The number of rotatable bonds is 10. The SMILES string of the molecule is CC[C@H](C(=O)NCC(C)C)N(Cc1ccccc1Cl)C(=O)Cc1ccc(OC)cc1. The van der Waals surface area contributed by atoms with E-state index in [1.807, 2.05) is 63.2 Å². The van der Waals surface area contributed by atoms with Gasteiger partial charge in [-0.15, -0.1) is 0 Å². The number of carbonyl (C=O) groups is 2. The number of ether oxygens (including phenoxy) is 1. The Bertz CT molecular complexity index is 837. The molecule has 0 saturated heterocycles. The van der Waals surface area contributed by atoms with Crippen molar-refractivity contribution in [3.63, 3.8) is 0 Å². The number of nitrogens with one attached hydrogen (secondary N) is 1. The molecule has 1 N–H and O–H groups in total. The highest BCUT2D eigenvalue weighted by molar-refractivity contribution is 6.31. The molecule has 6 heteroatoms. The summed E-state index contributed by atoms with van der Waals surface area (Å²) in [5.41, 5.74) is 1.68. The number of carbonyl (C=O) groups excluding carboxylic acids is 2. The van der Waals surface area contributed by atoms with Gasteiger partial charge in [0.25, 0.3) is 0 Å². The van der Waals surface area contributed by atoms with Gasteiger partial charge in [0.1, 0.15) is 11.8 Å². The summed E-state index contributed by atoms with van der Waals surface area (Å²) in [5.74, 6) is 0.810. The monoisotopic (exact) mass is 430 g/mol. The Morgan fingerprint density at radius 3 is 2.33 bits per heavy atom. The maximum atomic E-state index is 13.3. The first-order valence-electron chi connectivity index (χ1n) is 10.3. The number of benzene rings is 2. The van der Waals surface area contributed by atoms with Crippen molar-refractivity contribution in [3.8, 4) is 5.75 Å². The van der Waals surface area contributed by atoms with E-state index in [0.717, 1.165) is 16.9 Å². The zero-order valence-electron chi connectivity index (χ0n) is 18.2. The molecule has 30 heavy (non-hydrogen) atoms. The van der Waals surface area contributed by atoms with Crippen LogP contribution in [0, 0.1) is 5.92 Å². The number of hydrogen-bond acceptors (Lipinski definition) is 3. The van der Waals surface area contributed by atoms with E-state index in [0.29, 0.717) is 23.9 Å². The van der Waals surface area contributed by atoms with Gasteiger partial charge in [0.2, 0.25) is 11.8 Å². The fourth-order valence-electron chi connectivity index (χ4n) is 3.17. The Balaban J connectivity index is 2.27. The third kappa shape index (κ3) is 6.77. The van der Waals surface area contributed by atoms with E-state index in [2.05, 4.69) is 5.32 Å². The molecule has 0 unspecified atom stereocenters. The summed E-state index contributed by atoms with van der Waals surface area (Å²) in [7, 11) is 1.60. The minimum absolute atomic E-state index is 0.119. The van der Waals surface area contributed by atoms with E-state index < -0.39 is 6.04 Å². The molecular weight excluding hydrogens is 400 g/mol. The highest BCUT2D eigenvalue weighted by Gasteiger charge is 2.29. The van der Waals surface area contributed by atoms with Crippen LogP contribution in [0.4, 0.5) is 0 Å². The minimum atomic E-state index is -0.564. The highest BCUT2D eigenvalue weighted by Crippen LogP contribution is 2.21. The Morgan fingerprint density at radius 2 is 1.77 bits per heavy atom. The Hall–Kier alpha value is -2.53. The quantitative estimate of drug-likeness (QED) is 0.605. The lowest BCUT2D eigenvalue weighted by Crippen LogP contribution is -2.50. The van der Waals surface area contributed by atoms with Crippen molar-refractivity contribution in [2.45, 2.75) is 46.2 Å². The lowest BCUT2D eigenvalue weighted by Gasteiger charge is -2.31. The van der Waals surface area contributed by atoms with Crippen molar-refractivity contribution in [3.05, 3.63) is 64.7 Å². The topological polar surface area (TPSA) is 58.6 Å². The summed E-state index contributed by atoms with van der Waals surface area (Å²) in [5, 5.41) is 3.55. The summed E-state index contributed by atoms with van der Waals surface area (Å²) >= 11 is 6.34. The van der Waals surface area contributed by atoms with Crippen LogP contribution in [0.5, 0.6) is 5.75 Å². The molecule has 0 aliphatic rings. The number of amides is 2. The normalized spacial score (nSPS) is 11.8. The van der Waals surface area contributed by atoms with Crippen molar-refractivity contribution in [1.29, 1.82) is 0 Å². The molecule has 0 saturated carbocycles. The zero-order valence-corrected chi connectivity index (χ0v) is 18.9. The minimum Gasteiger partial charge on any atom is -0.497 e. The average molecular weight is 431 g/mol. The van der Waals surface area contributed by atoms with Crippen molar-refractivity contribution in [2.24, 2.45) is 5.92 Å². The fraction of sp³-hybridized carbons (Fsp3) is 0.417. The maximum Gasteiger partial charge on any atom is 0.242 e. The molecular formula is C24H31ClN2O3. The van der Waals surface area contributed by atoms with Crippen LogP contribution in [0.1, 0.15) is 38.3 Å². The molecule has 0 fully saturated rings. The molecule has 0 bridgehead atoms. The van der Waals surface area contributed by atoms with E-state index in [9.17, 15) is 9.59 Å². The van der Waals surface area contributed by atoms with Crippen LogP contribution < -0.4 is 10.1 Å². The van der Waals surface area contributed by atoms with Crippen LogP contribution in [-0.4, -0.2) is 36.4 Å². The highest BCUT2D eigenvalue weighted by atomic mass is 35.5. The molecule has 0 heterocycles. The summed E-state index contributed by atoms with van der Waals surface area (Å²) in [6, 6.07) is 14.2. The van der Waals surface area contributed by atoms with E-state index >= 15 is 0 Å². The van der Waals surface area contributed by atoms with Crippen LogP contribution in [0.2, 0.25) is 5.02 Å². The molecule has 2 amide bonds. The van der Waals surface area contributed by atoms with Crippen molar-refractivity contribution in [2.75, 3.05) is 13.7 Å². The van der Waals surface area contributed by atoms with E-state index in [1.54, 1.807) is 18.1 Å². The second-order valence-corrected chi connectivity index (χ2v) is 8.11. The number of methoxy groups -OCH3 is 1. The molecule has 0 aliphatic heterocycles. The molecule has 2 aromatic carbocycles. The van der Waals surface area contributed by atoms with Gasteiger partial charge in [-0.1, -0.05) is 62.7 Å². The average Bonchev–Trinajstić information content (AvgIpc) is 2.73. The zero-order chi connectivity index (χ0) is 22.1. The van der Waals surface area contributed by atoms with Gasteiger partial charge in [0.15, 0.2) is 0 Å². The van der Waals surface area contributed by atoms with Crippen molar-refractivity contribution >= 4 is 23.4 Å². The lowest BCUT2D eigenvalue weighted by molar-refractivity contribution is -0.141. The predicted octanol–water partition coefficient (Wildman–Crippen LogP) is 4.47. The van der Waals surface area contributed by atoms with Gasteiger partial charge in [-0.3, -0.25) is 9.59 Å². The van der Waals surface area contributed by atoms with Gasteiger partial charge >= 0.3 is 0 Å². The molecule has 0 radical (unpaired) electrons. The molecule has 162 valence electrons. The first-order chi connectivity index (χ1) is 14.3. The summed E-state index contributed by atoms with van der Waals surface area (Å²) in [6.45, 7) is 6.85. The third-order valence-electron chi connectivity index (χ3n) is 4.88.